The van der Waals surface area contributed by atoms with Gasteiger partial charge in [0.2, 0.25) is 0 Å². The lowest BCUT2D eigenvalue weighted by Crippen LogP contribution is -2.61. The van der Waals surface area contributed by atoms with E-state index < -0.39 is 17.3 Å². The fourth-order valence-electron chi connectivity index (χ4n) is 4.05. The minimum absolute atomic E-state index is 0.0335. The summed E-state index contributed by atoms with van der Waals surface area (Å²) < 4.78 is 16.1. The van der Waals surface area contributed by atoms with Crippen LogP contribution in [0.15, 0.2) is 72.9 Å². The number of aliphatic hydroxyl groups is 1. The van der Waals surface area contributed by atoms with Crippen molar-refractivity contribution in [3.05, 3.63) is 95.0 Å². The van der Waals surface area contributed by atoms with Gasteiger partial charge in [0, 0.05) is 17.8 Å². The smallest absolute Gasteiger partial charge is 0.274 e. The van der Waals surface area contributed by atoms with Crippen LogP contribution in [0.3, 0.4) is 0 Å². The average Bonchev–Trinajstić information content (AvgIpc) is 3.26. The van der Waals surface area contributed by atoms with E-state index in [2.05, 4.69) is 15.4 Å². The lowest BCUT2D eigenvalue weighted by atomic mass is 9.97. The van der Waals surface area contributed by atoms with Crippen LogP contribution in [-0.4, -0.2) is 55.3 Å². The summed E-state index contributed by atoms with van der Waals surface area (Å²) in [5, 5.41) is 17.1. The number of carbonyl (C=O) groups excluding carboxylic acids is 2. The molecule has 0 saturated carbocycles. The molecule has 2 aromatic carbocycles. The SMILES string of the molecule is CC1(O)CN(C(=O)c2cc(NC(=O)c3cc(-c4ccccn4)c(F)cc3Cl)n(-c3ccccc3)n2)C1. The van der Waals surface area contributed by atoms with Gasteiger partial charge in [-0.1, -0.05) is 35.9 Å². The van der Waals surface area contributed by atoms with E-state index in [0.29, 0.717) is 11.4 Å². The first-order valence-electron chi connectivity index (χ1n) is 11.1. The van der Waals surface area contributed by atoms with E-state index in [1.807, 2.05) is 6.07 Å². The zero-order valence-electron chi connectivity index (χ0n) is 19.2. The Morgan fingerprint density at radius 3 is 2.47 bits per heavy atom. The normalized spacial score (nSPS) is 14.3. The molecule has 1 fully saturated rings. The number of aromatic nitrogens is 3. The van der Waals surface area contributed by atoms with Gasteiger partial charge in [-0.05, 0) is 43.3 Å². The van der Waals surface area contributed by atoms with E-state index in [9.17, 15) is 19.1 Å². The summed E-state index contributed by atoms with van der Waals surface area (Å²) in [4.78, 5) is 31.8. The average molecular weight is 506 g/mol. The number of nitrogens with zero attached hydrogens (tertiary/aromatic N) is 4. The van der Waals surface area contributed by atoms with Crippen molar-refractivity contribution < 1.29 is 19.1 Å². The summed E-state index contributed by atoms with van der Waals surface area (Å²) in [6.45, 7) is 2.02. The molecular formula is C26H21ClFN5O3. The molecule has 1 aliphatic rings. The van der Waals surface area contributed by atoms with Crippen LogP contribution in [0, 0.1) is 5.82 Å². The number of amides is 2. The van der Waals surface area contributed by atoms with E-state index in [1.165, 1.54) is 27.9 Å². The number of rotatable bonds is 5. The Labute approximate surface area is 211 Å². The summed E-state index contributed by atoms with van der Waals surface area (Å²) in [5.41, 5.74) is 0.298. The van der Waals surface area contributed by atoms with Gasteiger partial charge < -0.3 is 15.3 Å². The Morgan fingerprint density at radius 1 is 1.08 bits per heavy atom. The molecule has 8 nitrogen and oxygen atoms in total. The number of para-hydroxylation sites is 1. The fraction of sp³-hybridized carbons (Fsp3) is 0.154. The lowest BCUT2D eigenvalue weighted by Gasteiger charge is -2.43. The standard InChI is InChI=1S/C26H21ClFN5O3/c1-26(36)14-32(15-26)25(35)22-13-23(33(31-22)16-7-3-2-4-8-16)30-24(34)17-11-18(20(28)12-19(17)27)21-9-5-6-10-29-21/h2-13,36H,14-15H2,1H3,(H,30,34). The number of β-amino-alcohol motifs (C(OH)–C–C–N with tert-alkyl or cyclic N) is 1. The summed E-state index contributed by atoms with van der Waals surface area (Å²) in [6.07, 6.45) is 1.53. The first-order chi connectivity index (χ1) is 17.2. The highest BCUT2D eigenvalue weighted by Gasteiger charge is 2.40. The number of carbonyl (C=O) groups is 2. The molecule has 4 aromatic rings. The highest BCUT2D eigenvalue weighted by Crippen LogP contribution is 2.29. The van der Waals surface area contributed by atoms with Crippen LogP contribution in [0.2, 0.25) is 5.02 Å². The molecule has 36 heavy (non-hydrogen) atoms. The van der Waals surface area contributed by atoms with Crippen LogP contribution < -0.4 is 5.32 Å². The predicted octanol–water partition coefficient (Wildman–Crippen LogP) is 4.19. The van der Waals surface area contributed by atoms with E-state index in [1.54, 1.807) is 49.4 Å². The quantitative estimate of drug-likeness (QED) is 0.424. The molecule has 0 radical (unpaired) electrons. The van der Waals surface area contributed by atoms with Gasteiger partial charge in [-0.3, -0.25) is 14.6 Å². The molecule has 3 heterocycles. The predicted molar refractivity (Wildman–Crippen MR) is 133 cm³/mol. The van der Waals surface area contributed by atoms with Crippen molar-refractivity contribution in [2.45, 2.75) is 12.5 Å². The summed E-state index contributed by atoms with van der Waals surface area (Å²) in [6, 6.07) is 17.9. The number of benzene rings is 2. The molecule has 2 amide bonds. The first-order valence-corrected chi connectivity index (χ1v) is 11.5. The summed E-state index contributed by atoms with van der Waals surface area (Å²) >= 11 is 6.23. The minimum Gasteiger partial charge on any atom is -0.386 e. The monoisotopic (exact) mass is 505 g/mol. The molecule has 10 heteroatoms. The van der Waals surface area contributed by atoms with Crippen molar-refractivity contribution in [3.8, 4) is 16.9 Å². The molecule has 0 spiro atoms. The van der Waals surface area contributed by atoms with Crippen LogP contribution in [0.5, 0.6) is 0 Å². The van der Waals surface area contributed by atoms with Gasteiger partial charge in [-0.15, -0.1) is 0 Å². The van der Waals surface area contributed by atoms with Gasteiger partial charge in [0.15, 0.2) is 5.69 Å². The number of halogens is 2. The van der Waals surface area contributed by atoms with Crippen LogP contribution in [-0.2, 0) is 0 Å². The van der Waals surface area contributed by atoms with E-state index >= 15 is 0 Å². The summed E-state index contributed by atoms with van der Waals surface area (Å²) in [7, 11) is 0. The molecule has 182 valence electrons. The second kappa shape index (κ2) is 9.18. The molecule has 0 bridgehead atoms. The Kier molecular flexibility index (Phi) is 6.03. The van der Waals surface area contributed by atoms with Gasteiger partial charge >= 0.3 is 0 Å². The van der Waals surface area contributed by atoms with Gasteiger partial charge in [-0.2, -0.15) is 5.10 Å². The van der Waals surface area contributed by atoms with Gasteiger partial charge in [0.05, 0.1) is 40.7 Å². The Hall–Kier alpha value is -4.08. The number of pyridine rings is 1. The molecule has 0 atom stereocenters. The third-order valence-electron chi connectivity index (χ3n) is 5.76. The Bertz CT molecular complexity index is 1450. The number of nitrogens with one attached hydrogen (secondary N) is 1. The third kappa shape index (κ3) is 4.58. The number of anilines is 1. The molecule has 0 unspecified atom stereocenters. The van der Waals surface area contributed by atoms with Gasteiger partial charge in [0.1, 0.15) is 11.6 Å². The van der Waals surface area contributed by atoms with Crippen molar-refractivity contribution in [1.82, 2.24) is 19.7 Å². The third-order valence-corrected chi connectivity index (χ3v) is 6.08. The maximum absolute atomic E-state index is 14.6. The zero-order chi connectivity index (χ0) is 25.4. The maximum Gasteiger partial charge on any atom is 0.274 e. The number of likely N-dealkylation sites (tertiary alicyclic amines) is 1. The first kappa shape index (κ1) is 23.7. The van der Waals surface area contributed by atoms with Crippen LogP contribution >= 0.6 is 11.6 Å². The number of hydrogen-bond donors (Lipinski definition) is 2. The van der Waals surface area contributed by atoms with Crippen LogP contribution in [0.1, 0.15) is 27.8 Å². The molecule has 1 aliphatic heterocycles. The molecule has 2 N–H and O–H groups in total. The maximum atomic E-state index is 14.6. The molecule has 0 aliphatic carbocycles. The second-order valence-corrected chi connectivity index (χ2v) is 9.21. The Morgan fingerprint density at radius 2 is 1.81 bits per heavy atom. The second-order valence-electron chi connectivity index (χ2n) is 8.80. The molecule has 5 rings (SSSR count). The van der Waals surface area contributed by atoms with E-state index in [-0.39, 0.29) is 46.7 Å². The zero-order valence-corrected chi connectivity index (χ0v) is 19.9. The van der Waals surface area contributed by atoms with Crippen molar-refractivity contribution >= 4 is 29.2 Å². The van der Waals surface area contributed by atoms with Crippen molar-refractivity contribution in [2.24, 2.45) is 0 Å². The molecule has 1 saturated heterocycles. The highest BCUT2D eigenvalue weighted by atomic mass is 35.5. The molecular weight excluding hydrogens is 485 g/mol. The highest BCUT2D eigenvalue weighted by molar-refractivity contribution is 6.34. The molecule has 2 aromatic heterocycles. The lowest BCUT2D eigenvalue weighted by molar-refractivity contribution is -0.0670. The topological polar surface area (TPSA) is 100 Å². The summed E-state index contributed by atoms with van der Waals surface area (Å²) in [5.74, 6) is -1.37. The largest absolute Gasteiger partial charge is 0.386 e. The van der Waals surface area contributed by atoms with Crippen molar-refractivity contribution in [1.29, 1.82) is 0 Å². The van der Waals surface area contributed by atoms with Crippen LogP contribution in [0.4, 0.5) is 10.2 Å². The Balaban J connectivity index is 1.49. The minimum atomic E-state index is -0.931. The van der Waals surface area contributed by atoms with Gasteiger partial charge in [0.25, 0.3) is 11.8 Å². The van der Waals surface area contributed by atoms with E-state index in [0.717, 1.165) is 6.07 Å². The van der Waals surface area contributed by atoms with Crippen molar-refractivity contribution in [3.63, 3.8) is 0 Å². The fourth-order valence-corrected chi connectivity index (χ4v) is 4.28. The van der Waals surface area contributed by atoms with Crippen LogP contribution in [0.25, 0.3) is 16.9 Å². The van der Waals surface area contributed by atoms with Gasteiger partial charge in [-0.25, -0.2) is 9.07 Å². The van der Waals surface area contributed by atoms with Crippen molar-refractivity contribution in [2.75, 3.05) is 18.4 Å². The van der Waals surface area contributed by atoms with E-state index in [4.69, 9.17) is 11.6 Å². The number of hydrogen-bond acceptors (Lipinski definition) is 5.